The summed E-state index contributed by atoms with van der Waals surface area (Å²) in [6, 6.07) is 1.00. The summed E-state index contributed by atoms with van der Waals surface area (Å²) in [6.45, 7) is 2.99. The number of piperidine rings is 1. The van der Waals surface area contributed by atoms with Gasteiger partial charge in [-0.05, 0) is 32.6 Å². The molecule has 1 aliphatic carbocycles. The van der Waals surface area contributed by atoms with E-state index in [0.717, 1.165) is 32.2 Å². The summed E-state index contributed by atoms with van der Waals surface area (Å²) in [5.74, 6) is 0. The van der Waals surface area contributed by atoms with Gasteiger partial charge < -0.3 is 15.3 Å². The topological polar surface area (TPSA) is 52.6 Å². The van der Waals surface area contributed by atoms with E-state index in [2.05, 4.69) is 12.2 Å². The van der Waals surface area contributed by atoms with Crippen LogP contribution < -0.4 is 5.32 Å². The quantitative estimate of drug-likeness (QED) is 0.757. The number of carbonyl (C=O) groups is 1. The van der Waals surface area contributed by atoms with Crippen molar-refractivity contribution < 1.29 is 9.90 Å². The van der Waals surface area contributed by atoms with Crippen LogP contribution in [0.4, 0.5) is 4.79 Å². The smallest absolute Gasteiger partial charge is 0.407 e. The minimum Gasteiger partial charge on any atom is -0.465 e. The monoisotopic (exact) mass is 226 g/mol. The molecule has 2 rings (SSSR count). The van der Waals surface area contributed by atoms with Gasteiger partial charge in [-0.1, -0.05) is 12.8 Å². The Morgan fingerprint density at radius 1 is 1.19 bits per heavy atom. The van der Waals surface area contributed by atoms with Crippen LogP contribution in [0, 0.1) is 0 Å². The van der Waals surface area contributed by atoms with E-state index >= 15 is 0 Å². The molecule has 0 aromatic rings. The second-order valence-corrected chi connectivity index (χ2v) is 5.17. The highest BCUT2D eigenvalue weighted by atomic mass is 16.4. The Balaban J connectivity index is 1.98. The first-order valence-corrected chi connectivity index (χ1v) is 6.43. The summed E-state index contributed by atoms with van der Waals surface area (Å²) in [6.07, 6.45) is 5.85. The fourth-order valence-corrected chi connectivity index (χ4v) is 3.01. The largest absolute Gasteiger partial charge is 0.465 e. The van der Waals surface area contributed by atoms with E-state index in [1.165, 1.54) is 12.8 Å². The number of carboxylic acid groups (broad SMARTS) is 1. The number of rotatable bonds is 2. The van der Waals surface area contributed by atoms with Gasteiger partial charge in [0.25, 0.3) is 0 Å². The van der Waals surface area contributed by atoms with Gasteiger partial charge in [0.2, 0.25) is 0 Å². The Kier molecular flexibility index (Phi) is 3.69. The molecule has 0 aromatic carbocycles. The van der Waals surface area contributed by atoms with E-state index in [1.807, 2.05) is 0 Å². The molecule has 0 spiro atoms. The minimum absolute atomic E-state index is 0.191. The van der Waals surface area contributed by atoms with Crippen LogP contribution in [-0.2, 0) is 0 Å². The lowest BCUT2D eigenvalue weighted by molar-refractivity contribution is 0.0855. The zero-order chi connectivity index (χ0) is 11.5. The third-order valence-electron chi connectivity index (χ3n) is 3.97. The van der Waals surface area contributed by atoms with Crippen molar-refractivity contribution in [3.8, 4) is 0 Å². The predicted molar refractivity (Wildman–Crippen MR) is 62.6 cm³/mol. The molecule has 1 heterocycles. The van der Waals surface area contributed by atoms with E-state index in [4.69, 9.17) is 0 Å². The summed E-state index contributed by atoms with van der Waals surface area (Å²) < 4.78 is 0. The second-order valence-electron chi connectivity index (χ2n) is 5.17. The van der Waals surface area contributed by atoms with Crippen molar-refractivity contribution in [1.82, 2.24) is 10.2 Å². The lowest BCUT2D eigenvalue weighted by Gasteiger charge is -2.38. The van der Waals surface area contributed by atoms with Crippen molar-refractivity contribution >= 4 is 6.09 Å². The number of nitrogens with one attached hydrogen (secondary N) is 1. The van der Waals surface area contributed by atoms with Crippen LogP contribution in [0.1, 0.15) is 45.4 Å². The Morgan fingerprint density at radius 2 is 1.88 bits per heavy atom. The van der Waals surface area contributed by atoms with Crippen molar-refractivity contribution in [2.75, 3.05) is 6.54 Å². The minimum atomic E-state index is -0.728. The molecule has 0 aromatic heterocycles. The highest BCUT2D eigenvalue weighted by Gasteiger charge is 2.33. The lowest BCUT2D eigenvalue weighted by Crippen LogP contribution is -2.53. The molecule has 1 aliphatic heterocycles. The second kappa shape index (κ2) is 5.04. The van der Waals surface area contributed by atoms with Crippen molar-refractivity contribution in [2.45, 2.75) is 63.6 Å². The van der Waals surface area contributed by atoms with Crippen LogP contribution >= 0.6 is 0 Å². The maximum atomic E-state index is 11.4. The molecule has 16 heavy (non-hydrogen) atoms. The summed E-state index contributed by atoms with van der Waals surface area (Å²) in [5, 5.41) is 12.7. The SMILES string of the molecule is C[C@H]1CC[C@@H](N(C(=O)O)C2CCCC2)CN1. The molecule has 1 saturated heterocycles. The summed E-state index contributed by atoms with van der Waals surface area (Å²) in [5.41, 5.74) is 0. The van der Waals surface area contributed by atoms with E-state index in [9.17, 15) is 9.90 Å². The first kappa shape index (κ1) is 11.7. The van der Waals surface area contributed by atoms with Gasteiger partial charge >= 0.3 is 6.09 Å². The van der Waals surface area contributed by atoms with Crippen molar-refractivity contribution in [3.05, 3.63) is 0 Å². The third kappa shape index (κ3) is 2.48. The van der Waals surface area contributed by atoms with Gasteiger partial charge in [0, 0.05) is 24.7 Å². The predicted octanol–water partition coefficient (Wildman–Crippen LogP) is 2.05. The first-order valence-electron chi connectivity index (χ1n) is 6.43. The molecule has 1 amide bonds. The molecule has 0 radical (unpaired) electrons. The number of hydrogen-bond donors (Lipinski definition) is 2. The standard InChI is InChI=1S/C12H22N2O2/c1-9-6-7-11(8-13-9)14(12(15)16)10-4-2-3-5-10/h9-11,13H,2-8H2,1H3,(H,15,16)/t9-,11+/m0/s1. The van der Waals surface area contributed by atoms with Gasteiger partial charge in [-0.2, -0.15) is 0 Å². The van der Waals surface area contributed by atoms with Crippen LogP contribution in [0.3, 0.4) is 0 Å². The maximum Gasteiger partial charge on any atom is 0.407 e. The average molecular weight is 226 g/mol. The molecular weight excluding hydrogens is 204 g/mol. The Morgan fingerprint density at radius 3 is 2.38 bits per heavy atom. The molecule has 4 heteroatoms. The highest BCUT2D eigenvalue weighted by Crippen LogP contribution is 2.27. The summed E-state index contributed by atoms with van der Waals surface area (Å²) >= 11 is 0. The van der Waals surface area contributed by atoms with Crippen molar-refractivity contribution in [1.29, 1.82) is 0 Å². The van der Waals surface area contributed by atoms with E-state index in [-0.39, 0.29) is 12.1 Å². The first-order chi connectivity index (χ1) is 7.68. The molecule has 92 valence electrons. The van der Waals surface area contributed by atoms with Crippen molar-refractivity contribution in [2.24, 2.45) is 0 Å². The molecule has 0 bridgehead atoms. The molecule has 4 nitrogen and oxygen atoms in total. The molecule has 2 fully saturated rings. The maximum absolute atomic E-state index is 11.4. The Bertz CT molecular complexity index is 243. The fraction of sp³-hybridized carbons (Fsp3) is 0.917. The van der Waals surface area contributed by atoms with Gasteiger partial charge in [0.15, 0.2) is 0 Å². The molecule has 2 N–H and O–H groups in total. The van der Waals surface area contributed by atoms with E-state index in [1.54, 1.807) is 4.90 Å². The van der Waals surface area contributed by atoms with Gasteiger partial charge in [-0.3, -0.25) is 0 Å². The molecule has 2 atom stereocenters. The Hall–Kier alpha value is -0.770. The van der Waals surface area contributed by atoms with Crippen molar-refractivity contribution in [3.63, 3.8) is 0 Å². The van der Waals surface area contributed by atoms with E-state index < -0.39 is 6.09 Å². The summed E-state index contributed by atoms with van der Waals surface area (Å²) in [7, 11) is 0. The molecule has 1 saturated carbocycles. The summed E-state index contributed by atoms with van der Waals surface area (Å²) in [4.78, 5) is 13.1. The molecule has 2 aliphatic rings. The number of hydrogen-bond acceptors (Lipinski definition) is 2. The Labute approximate surface area is 97.0 Å². The van der Waals surface area contributed by atoms with Crippen LogP contribution in [-0.4, -0.2) is 40.8 Å². The fourth-order valence-electron chi connectivity index (χ4n) is 3.01. The number of amides is 1. The zero-order valence-corrected chi connectivity index (χ0v) is 9.98. The van der Waals surface area contributed by atoms with Gasteiger partial charge in [0.1, 0.15) is 0 Å². The van der Waals surface area contributed by atoms with E-state index in [0.29, 0.717) is 6.04 Å². The highest BCUT2D eigenvalue weighted by molar-refractivity contribution is 5.66. The van der Waals surface area contributed by atoms with Crippen LogP contribution in [0.15, 0.2) is 0 Å². The third-order valence-corrected chi connectivity index (χ3v) is 3.97. The normalized spacial score (nSPS) is 31.6. The average Bonchev–Trinajstić information content (AvgIpc) is 2.74. The van der Waals surface area contributed by atoms with Gasteiger partial charge in [0.05, 0.1) is 0 Å². The van der Waals surface area contributed by atoms with Gasteiger partial charge in [-0.25, -0.2) is 4.79 Å². The van der Waals surface area contributed by atoms with Gasteiger partial charge in [-0.15, -0.1) is 0 Å². The molecule has 0 unspecified atom stereocenters. The van der Waals surface area contributed by atoms with Crippen LogP contribution in [0.25, 0.3) is 0 Å². The lowest BCUT2D eigenvalue weighted by atomic mass is 9.99. The van der Waals surface area contributed by atoms with Crippen LogP contribution in [0.5, 0.6) is 0 Å². The number of nitrogens with zero attached hydrogens (tertiary/aromatic N) is 1. The zero-order valence-electron chi connectivity index (χ0n) is 9.98. The van der Waals surface area contributed by atoms with Crippen LogP contribution in [0.2, 0.25) is 0 Å². The molecular formula is C12H22N2O2.